The van der Waals surface area contributed by atoms with E-state index in [-0.39, 0.29) is 32.7 Å². The summed E-state index contributed by atoms with van der Waals surface area (Å²) in [5, 5.41) is 2.44. The maximum absolute atomic E-state index is 5.77. The van der Waals surface area contributed by atoms with Crippen molar-refractivity contribution in [3.8, 4) is 11.4 Å². The molecular weight excluding hydrogens is 625 g/mol. The number of anilines is 2. The molecule has 2 heterocycles. The molecule has 4 aromatic rings. The average molecular weight is 672 g/mol. The first-order valence-electron chi connectivity index (χ1n) is 15.3. The number of hydrogen-bond acceptors (Lipinski definition) is 4. The second kappa shape index (κ2) is 15.1. The van der Waals surface area contributed by atoms with Crippen LogP contribution < -0.4 is 19.1 Å². The van der Waals surface area contributed by atoms with Gasteiger partial charge in [-0.2, -0.15) is 4.57 Å². The molecule has 1 aliphatic heterocycles. The first kappa shape index (κ1) is 33.5. The standard InChI is InChI=1S/C36H46N4OS.Y/c1-7-9-22-38(23-15-24-40(4,5)8-2)35-25-28(26-36-37(3)32-18-13-14-19-34(32)42-36)31-21-20-30(41-6)27-33(31)39(35)29-16-11-10-12-17-29;/h10-14,16-21,25-27H,7-9,15,22-24H2,1-6H3;/q+2;. The number of aromatic nitrogens is 1. The van der Waals surface area contributed by atoms with Crippen LogP contribution in [0.2, 0.25) is 0 Å². The van der Waals surface area contributed by atoms with Crippen LogP contribution in [0.15, 0.2) is 88.8 Å². The summed E-state index contributed by atoms with van der Waals surface area (Å²) >= 11 is 1.84. The van der Waals surface area contributed by atoms with Crippen molar-refractivity contribution in [2.75, 3.05) is 64.2 Å². The maximum Gasteiger partial charge on any atom is 0.282 e. The van der Waals surface area contributed by atoms with Gasteiger partial charge in [0.05, 0.1) is 58.1 Å². The van der Waals surface area contributed by atoms with Crippen molar-refractivity contribution in [2.45, 2.75) is 38.0 Å². The molecule has 0 fully saturated rings. The zero-order valence-electron chi connectivity index (χ0n) is 26.7. The number of pyridine rings is 1. The summed E-state index contributed by atoms with van der Waals surface area (Å²) in [6, 6.07) is 28.4. The number of ether oxygens (including phenoxy) is 1. The molecule has 0 spiro atoms. The third kappa shape index (κ3) is 7.65. The summed E-state index contributed by atoms with van der Waals surface area (Å²) in [5.41, 5.74) is 4.80. The van der Waals surface area contributed by atoms with Crippen molar-refractivity contribution in [2.24, 2.45) is 0 Å². The fourth-order valence-electron chi connectivity index (χ4n) is 5.59. The number of fused-ring (bicyclic) bond motifs is 2. The van der Waals surface area contributed by atoms with Gasteiger partial charge in [0.25, 0.3) is 5.82 Å². The number of unbranched alkanes of at least 4 members (excludes halogenated alkanes) is 1. The average Bonchev–Trinajstić information content (AvgIpc) is 3.33. The second-order valence-corrected chi connectivity index (χ2v) is 12.9. The molecule has 0 saturated heterocycles. The van der Waals surface area contributed by atoms with Crippen molar-refractivity contribution >= 4 is 40.2 Å². The SMILES string of the molecule is CCCCN(CCC[N+](C)(C)CC)c1cc(C=C2Sc3ccccc3N2C)c2ccc(OC)cc2[n+]1-c1ccccc1.[Y]. The van der Waals surface area contributed by atoms with Crippen molar-refractivity contribution in [3.63, 3.8) is 0 Å². The van der Waals surface area contributed by atoms with E-state index in [1.54, 1.807) is 7.11 Å². The van der Waals surface area contributed by atoms with Crippen LogP contribution in [0.25, 0.3) is 22.7 Å². The predicted molar refractivity (Wildman–Crippen MR) is 180 cm³/mol. The van der Waals surface area contributed by atoms with Crippen molar-refractivity contribution in [1.29, 1.82) is 0 Å². The van der Waals surface area contributed by atoms with Gasteiger partial charge >= 0.3 is 0 Å². The van der Waals surface area contributed by atoms with Crippen LogP contribution in [0.4, 0.5) is 11.5 Å². The molecule has 1 aromatic heterocycles. The topological polar surface area (TPSA) is 19.6 Å². The van der Waals surface area contributed by atoms with Gasteiger partial charge in [-0.1, -0.05) is 55.4 Å². The fourth-order valence-corrected chi connectivity index (χ4v) is 6.69. The number of quaternary nitrogens is 1. The molecule has 0 aliphatic carbocycles. The third-order valence-corrected chi connectivity index (χ3v) is 9.65. The van der Waals surface area contributed by atoms with Crippen molar-refractivity contribution in [3.05, 3.63) is 89.5 Å². The van der Waals surface area contributed by atoms with E-state index < -0.39 is 0 Å². The van der Waals surface area contributed by atoms with Crippen LogP contribution in [-0.4, -0.2) is 58.9 Å². The molecule has 223 valence electrons. The molecule has 0 saturated carbocycles. The summed E-state index contributed by atoms with van der Waals surface area (Å²) in [7, 11) is 8.59. The molecular formula is C36H46N4OSY+2. The monoisotopic (exact) mass is 671 g/mol. The quantitative estimate of drug-likeness (QED) is 0.113. The van der Waals surface area contributed by atoms with E-state index in [9.17, 15) is 0 Å². The van der Waals surface area contributed by atoms with E-state index in [0.29, 0.717) is 0 Å². The van der Waals surface area contributed by atoms with Crippen LogP contribution in [-0.2, 0) is 32.7 Å². The van der Waals surface area contributed by atoms with E-state index in [4.69, 9.17) is 4.74 Å². The van der Waals surface area contributed by atoms with Crippen LogP contribution in [0, 0.1) is 0 Å². The van der Waals surface area contributed by atoms with Crippen LogP contribution >= 0.6 is 11.8 Å². The normalized spacial score (nSPS) is 13.7. The van der Waals surface area contributed by atoms with E-state index >= 15 is 0 Å². The molecule has 1 aliphatic rings. The second-order valence-electron chi connectivity index (χ2n) is 11.8. The Balaban J connectivity index is 0.00000423. The number of rotatable bonds is 12. The van der Waals surface area contributed by atoms with E-state index in [1.165, 1.54) is 32.4 Å². The smallest absolute Gasteiger partial charge is 0.282 e. The molecule has 5 nitrogen and oxygen atoms in total. The summed E-state index contributed by atoms with van der Waals surface area (Å²) in [6.07, 6.45) is 5.82. The summed E-state index contributed by atoms with van der Waals surface area (Å²) in [6.45, 7) is 8.90. The number of thioether (sulfide) groups is 1. The minimum Gasteiger partial charge on any atom is -0.497 e. The Labute approximate surface area is 288 Å². The van der Waals surface area contributed by atoms with Crippen molar-refractivity contribution in [1.82, 2.24) is 0 Å². The minimum atomic E-state index is 0. The van der Waals surface area contributed by atoms with Gasteiger partial charge in [0.15, 0.2) is 0 Å². The number of nitrogens with zero attached hydrogens (tertiary/aromatic N) is 4. The third-order valence-electron chi connectivity index (χ3n) is 8.49. The molecule has 0 unspecified atom stereocenters. The van der Waals surface area contributed by atoms with Gasteiger partial charge < -0.3 is 14.1 Å². The van der Waals surface area contributed by atoms with Gasteiger partial charge in [0.1, 0.15) is 17.0 Å². The summed E-state index contributed by atoms with van der Waals surface area (Å²) < 4.78 is 9.25. The molecule has 0 amide bonds. The first-order chi connectivity index (χ1) is 20.3. The first-order valence-corrected chi connectivity index (χ1v) is 16.1. The Morgan fingerprint density at radius 1 is 0.930 bits per heavy atom. The van der Waals surface area contributed by atoms with Crippen molar-refractivity contribution < 1.29 is 46.5 Å². The molecule has 43 heavy (non-hydrogen) atoms. The van der Waals surface area contributed by atoms with Gasteiger partial charge in [-0.25, -0.2) is 0 Å². The van der Waals surface area contributed by atoms with E-state index in [2.05, 4.69) is 134 Å². The minimum absolute atomic E-state index is 0. The van der Waals surface area contributed by atoms with Gasteiger partial charge in [0, 0.05) is 68.6 Å². The Hall–Kier alpha value is -2.38. The molecule has 0 bridgehead atoms. The van der Waals surface area contributed by atoms with E-state index in [0.717, 1.165) is 66.9 Å². The number of para-hydroxylation sites is 2. The Kier molecular flexibility index (Phi) is 11.7. The Morgan fingerprint density at radius 3 is 2.35 bits per heavy atom. The zero-order chi connectivity index (χ0) is 29.7. The largest absolute Gasteiger partial charge is 0.497 e. The maximum atomic E-state index is 5.77. The molecule has 3 aromatic carbocycles. The molecule has 0 atom stereocenters. The Bertz CT molecular complexity index is 1560. The zero-order valence-corrected chi connectivity index (χ0v) is 30.4. The van der Waals surface area contributed by atoms with Crippen LogP contribution in [0.5, 0.6) is 5.75 Å². The van der Waals surface area contributed by atoms with Crippen LogP contribution in [0.1, 0.15) is 38.7 Å². The molecule has 0 N–H and O–H groups in total. The summed E-state index contributed by atoms with van der Waals surface area (Å²) in [4.78, 5) is 6.23. The molecule has 7 heteroatoms. The van der Waals surface area contributed by atoms with E-state index in [1.807, 2.05) is 11.8 Å². The number of hydrogen-bond donors (Lipinski definition) is 0. The van der Waals surface area contributed by atoms with Crippen LogP contribution in [0.3, 0.4) is 0 Å². The molecule has 1 radical (unpaired) electrons. The fraction of sp³-hybridized carbons (Fsp3) is 0.361. The number of benzene rings is 3. The molecule has 5 rings (SSSR count). The van der Waals surface area contributed by atoms with Gasteiger partial charge in [-0.05, 0) is 61.4 Å². The number of methoxy groups -OCH3 is 1. The Morgan fingerprint density at radius 2 is 1.65 bits per heavy atom. The van der Waals surface area contributed by atoms with Gasteiger partial charge in [0.2, 0.25) is 0 Å². The summed E-state index contributed by atoms with van der Waals surface area (Å²) in [5.74, 6) is 2.09. The van der Waals surface area contributed by atoms with Gasteiger partial charge in [-0.3, -0.25) is 4.90 Å². The van der Waals surface area contributed by atoms with Gasteiger partial charge in [-0.15, -0.1) is 0 Å². The predicted octanol–water partition coefficient (Wildman–Crippen LogP) is 7.76.